The van der Waals surface area contributed by atoms with Gasteiger partial charge in [-0.1, -0.05) is 0 Å². The molecule has 4 atom stereocenters. The van der Waals surface area contributed by atoms with E-state index in [1.54, 1.807) is 13.8 Å². The normalized spacial score (nSPS) is 29.0. The fourth-order valence-electron chi connectivity index (χ4n) is 3.27. The lowest BCUT2D eigenvalue weighted by atomic mass is 9.88. The van der Waals surface area contributed by atoms with Gasteiger partial charge in [0, 0.05) is 12.8 Å². The van der Waals surface area contributed by atoms with Crippen LogP contribution >= 0.6 is 0 Å². The first-order chi connectivity index (χ1) is 10.9. The average molecular weight is 330 g/mol. The molecule has 6 heteroatoms. The third-order valence-corrected chi connectivity index (χ3v) is 4.26. The lowest BCUT2D eigenvalue weighted by molar-refractivity contribution is -0.145. The molecule has 2 N–H and O–H groups in total. The molecule has 0 heterocycles. The van der Waals surface area contributed by atoms with E-state index in [1.165, 1.54) is 0 Å². The van der Waals surface area contributed by atoms with Gasteiger partial charge in [0.1, 0.15) is 0 Å². The van der Waals surface area contributed by atoms with Gasteiger partial charge in [0.2, 0.25) is 0 Å². The lowest BCUT2D eigenvalue weighted by Gasteiger charge is -2.19. The van der Waals surface area contributed by atoms with Gasteiger partial charge < -0.3 is 19.7 Å². The summed E-state index contributed by atoms with van der Waals surface area (Å²) in [5.41, 5.74) is 0. The van der Waals surface area contributed by atoms with Crippen molar-refractivity contribution in [3.05, 3.63) is 0 Å². The van der Waals surface area contributed by atoms with Crippen molar-refractivity contribution in [2.45, 2.75) is 71.0 Å². The number of hydrogen-bond acceptors (Lipinski definition) is 6. The minimum Gasteiger partial charge on any atom is -0.466 e. The van der Waals surface area contributed by atoms with Crippen molar-refractivity contribution in [2.75, 3.05) is 13.2 Å². The molecule has 0 spiro atoms. The number of hydrogen-bond donors (Lipinski definition) is 2. The Balaban J connectivity index is 2.64. The van der Waals surface area contributed by atoms with Gasteiger partial charge in [0.25, 0.3) is 0 Å². The van der Waals surface area contributed by atoms with Crippen LogP contribution in [0.5, 0.6) is 0 Å². The van der Waals surface area contributed by atoms with Crippen LogP contribution in [0.2, 0.25) is 0 Å². The predicted octanol–water partition coefficient (Wildman–Crippen LogP) is 1.81. The Morgan fingerprint density at radius 1 is 0.826 bits per heavy atom. The summed E-state index contributed by atoms with van der Waals surface area (Å²) in [6.07, 6.45) is 1.96. The second kappa shape index (κ2) is 10.6. The van der Waals surface area contributed by atoms with Crippen LogP contribution in [0.4, 0.5) is 0 Å². The van der Waals surface area contributed by atoms with E-state index in [4.69, 9.17) is 9.47 Å². The summed E-state index contributed by atoms with van der Waals surface area (Å²) < 4.78 is 9.97. The number of esters is 2. The average Bonchev–Trinajstić information content (AvgIpc) is 2.49. The van der Waals surface area contributed by atoms with Gasteiger partial charge in [-0.25, -0.2) is 0 Å². The highest BCUT2D eigenvalue weighted by molar-refractivity contribution is 5.70. The van der Waals surface area contributed by atoms with Gasteiger partial charge in [-0.2, -0.15) is 0 Å². The SMILES string of the molecule is CCOC(=O)CC1CCC(CC(=O)OCC)CC(O)CC(O)C1. The highest BCUT2D eigenvalue weighted by Crippen LogP contribution is 2.30. The summed E-state index contributed by atoms with van der Waals surface area (Å²) in [7, 11) is 0. The Kier molecular flexibility index (Phi) is 9.17. The highest BCUT2D eigenvalue weighted by Gasteiger charge is 2.27. The maximum Gasteiger partial charge on any atom is 0.306 e. The molecule has 0 bridgehead atoms. The Bertz CT molecular complexity index is 336. The van der Waals surface area contributed by atoms with Crippen molar-refractivity contribution in [1.29, 1.82) is 0 Å². The maximum absolute atomic E-state index is 11.7. The molecule has 1 aliphatic rings. The molecular formula is C17H30O6. The molecule has 134 valence electrons. The molecule has 23 heavy (non-hydrogen) atoms. The van der Waals surface area contributed by atoms with Gasteiger partial charge in [0.05, 0.1) is 25.4 Å². The van der Waals surface area contributed by atoms with Gasteiger partial charge in [-0.3, -0.25) is 9.59 Å². The van der Waals surface area contributed by atoms with Crippen LogP contribution in [0, 0.1) is 11.8 Å². The molecule has 1 fully saturated rings. The summed E-state index contributed by atoms with van der Waals surface area (Å²) >= 11 is 0. The molecule has 0 aromatic rings. The predicted molar refractivity (Wildman–Crippen MR) is 84.6 cm³/mol. The third kappa shape index (κ3) is 8.32. The zero-order valence-electron chi connectivity index (χ0n) is 14.2. The Labute approximate surface area is 138 Å². The van der Waals surface area contributed by atoms with Crippen molar-refractivity contribution < 1.29 is 29.3 Å². The summed E-state index contributed by atoms with van der Waals surface area (Å²) in [4.78, 5) is 23.4. The number of carbonyl (C=O) groups excluding carboxylic acids is 2. The van der Waals surface area contributed by atoms with Gasteiger partial charge in [-0.15, -0.1) is 0 Å². The van der Waals surface area contributed by atoms with Gasteiger partial charge in [0.15, 0.2) is 0 Å². The van der Waals surface area contributed by atoms with Crippen molar-refractivity contribution in [3.8, 4) is 0 Å². The van der Waals surface area contributed by atoms with Crippen LogP contribution in [-0.4, -0.2) is 47.6 Å². The number of rotatable bonds is 6. The minimum absolute atomic E-state index is 0.0130. The lowest BCUT2D eigenvalue weighted by Crippen LogP contribution is -2.22. The van der Waals surface area contributed by atoms with E-state index in [0.717, 1.165) is 12.8 Å². The number of aliphatic hydroxyl groups excluding tert-OH is 2. The summed E-state index contributed by atoms with van der Waals surface area (Å²) in [5, 5.41) is 20.1. The van der Waals surface area contributed by atoms with Crippen molar-refractivity contribution in [1.82, 2.24) is 0 Å². The minimum atomic E-state index is -0.634. The topological polar surface area (TPSA) is 93.1 Å². The molecule has 0 amide bonds. The maximum atomic E-state index is 11.7. The molecule has 0 aliphatic heterocycles. The Morgan fingerprint density at radius 2 is 1.22 bits per heavy atom. The molecule has 1 saturated carbocycles. The molecule has 0 aromatic heterocycles. The van der Waals surface area contributed by atoms with Crippen LogP contribution < -0.4 is 0 Å². The number of ether oxygens (including phenoxy) is 2. The van der Waals surface area contributed by atoms with Crippen LogP contribution in [0.3, 0.4) is 0 Å². The van der Waals surface area contributed by atoms with Gasteiger partial charge in [-0.05, 0) is 57.8 Å². The quantitative estimate of drug-likeness (QED) is 0.722. The van der Waals surface area contributed by atoms with E-state index in [9.17, 15) is 19.8 Å². The second-order valence-corrected chi connectivity index (χ2v) is 6.34. The zero-order chi connectivity index (χ0) is 17.2. The van der Waals surface area contributed by atoms with E-state index in [2.05, 4.69) is 0 Å². The number of aliphatic hydroxyl groups is 2. The fourth-order valence-corrected chi connectivity index (χ4v) is 3.27. The van der Waals surface area contributed by atoms with Crippen LogP contribution in [0.15, 0.2) is 0 Å². The Morgan fingerprint density at radius 3 is 1.57 bits per heavy atom. The van der Waals surface area contributed by atoms with E-state index < -0.39 is 12.2 Å². The number of carbonyl (C=O) groups is 2. The van der Waals surface area contributed by atoms with Crippen LogP contribution in [0.25, 0.3) is 0 Å². The molecule has 1 aliphatic carbocycles. The first-order valence-electron chi connectivity index (χ1n) is 8.61. The third-order valence-electron chi connectivity index (χ3n) is 4.26. The van der Waals surface area contributed by atoms with E-state index in [1.807, 2.05) is 0 Å². The molecule has 0 saturated heterocycles. The molecule has 0 aromatic carbocycles. The largest absolute Gasteiger partial charge is 0.466 e. The van der Waals surface area contributed by atoms with Crippen LogP contribution in [0.1, 0.15) is 58.8 Å². The highest BCUT2D eigenvalue weighted by atomic mass is 16.5. The van der Waals surface area contributed by atoms with E-state index >= 15 is 0 Å². The molecular weight excluding hydrogens is 300 g/mol. The van der Waals surface area contributed by atoms with Crippen molar-refractivity contribution >= 4 is 11.9 Å². The smallest absolute Gasteiger partial charge is 0.306 e. The van der Waals surface area contributed by atoms with Gasteiger partial charge >= 0.3 is 11.9 Å². The first kappa shape index (κ1) is 19.9. The summed E-state index contributed by atoms with van der Waals surface area (Å²) in [6, 6.07) is 0. The first-order valence-corrected chi connectivity index (χ1v) is 8.61. The van der Waals surface area contributed by atoms with Crippen molar-refractivity contribution in [3.63, 3.8) is 0 Å². The molecule has 6 nitrogen and oxygen atoms in total. The fraction of sp³-hybridized carbons (Fsp3) is 0.882. The van der Waals surface area contributed by atoms with Crippen molar-refractivity contribution in [2.24, 2.45) is 11.8 Å². The monoisotopic (exact) mass is 330 g/mol. The summed E-state index contributed by atoms with van der Waals surface area (Å²) in [5.74, 6) is -0.490. The summed E-state index contributed by atoms with van der Waals surface area (Å²) in [6.45, 7) is 4.22. The van der Waals surface area contributed by atoms with E-state index in [-0.39, 0.29) is 43.0 Å². The van der Waals surface area contributed by atoms with E-state index in [0.29, 0.717) is 26.1 Å². The molecule has 4 unspecified atom stereocenters. The second-order valence-electron chi connectivity index (χ2n) is 6.34. The molecule has 1 rings (SSSR count). The molecule has 0 radical (unpaired) electrons. The zero-order valence-corrected chi connectivity index (χ0v) is 14.2. The van der Waals surface area contributed by atoms with Crippen LogP contribution in [-0.2, 0) is 19.1 Å². The standard InChI is InChI=1S/C17H30O6/c1-3-22-16(20)9-12-5-6-13(10-17(21)23-4-2)8-15(19)11-14(18)7-12/h12-15,18-19H,3-11H2,1-2H3. The Hall–Kier alpha value is -1.14.